The van der Waals surface area contributed by atoms with E-state index >= 15 is 0 Å². The van der Waals surface area contributed by atoms with Gasteiger partial charge in [0.1, 0.15) is 23.0 Å². The van der Waals surface area contributed by atoms with E-state index in [1.165, 1.54) is 6.42 Å². The number of aromatic hydroxyl groups is 1. The zero-order valence-corrected chi connectivity index (χ0v) is 17.9. The van der Waals surface area contributed by atoms with Gasteiger partial charge in [-0.2, -0.15) is 0 Å². The predicted octanol–water partition coefficient (Wildman–Crippen LogP) is 5.15. The summed E-state index contributed by atoms with van der Waals surface area (Å²) in [5.41, 5.74) is 1.90. The summed E-state index contributed by atoms with van der Waals surface area (Å²) >= 11 is 0. The van der Waals surface area contributed by atoms with E-state index in [4.69, 9.17) is 14.2 Å². The average molecular weight is 408 g/mol. The third kappa shape index (κ3) is 3.65. The molecule has 1 heterocycles. The van der Waals surface area contributed by atoms with Crippen LogP contribution in [0.5, 0.6) is 23.0 Å². The minimum Gasteiger partial charge on any atom is -0.507 e. The van der Waals surface area contributed by atoms with Crippen molar-refractivity contribution in [2.24, 2.45) is 0 Å². The van der Waals surface area contributed by atoms with Gasteiger partial charge < -0.3 is 19.3 Å². The molecule has 5 heteroatoms. The van der Waals surface area contributed by atoms with Crippen LogP contribution in [0.2, 0.25) is 0 Å². The Kier molecular flexibility index (Phi) is 6.00. The summed E-state index contributed by atoms with van der Waals surface area (Å²) in [5.74, 6) is 2.56. The summed E-state index contributed by atoms with van der Waals surface area (Å²) < 4.78 is 16.6. The monoisotopic (exact) mass is 407 g/mol. The molecule has 0 spiro atoms. The molecule has 30 heavy (non-hydrogen) atoms. The van der Waals surface area contributed by atoms with Crippen LogP contribution in [0, 0.1) is 0 Å². The largest absolute Gasteiger partial charge is 0.507 e. The first kappa shape index (κ1) is 20.4. The smallest absolute Gasteiger partial charge is 0.128 e. The number of hydrogen-bond acceptors (Lipinski definition) is 5. The van der Waals surface area contributed by atoms with Crippen molar-refractivity contribution >= 4 is 10.8 Å². The van der Waals surface area contributed by atoms with Gasteiger partial charge in [-0.05, 0) is 44.1 Å². The van der Waals surface area contributed by atoms with Crippen LogP contribution >= 0.6 is 0 Å². The molecule has 1 N–H and O–H groups in total. The zero-order valence-electron chi connectivity index (χ0n) is 17.9. The lowest BCUT2D eigenvalue weighted by molar-refractivity contribution is 0.182. The Morgan fingerprint density at radius 1 is 0.767 bits per heavy atom. The van der Waals surface area contributed by atoms with E-state index in [1.54, 1.807) is 21.3 Å². The lowest BCUT2D eigenvalue weighted by Gasteiger charge is -2.36. The molecular formula is C25H29NO4. The minimum atomic E-state index is -0.109. The van der Waals surface area contributed by atoms with Gasteiger partial charge in [-0.3, -0.25) is 4.90 Å². The summed E-state index contributed by atoms with van der Waals surface area (Å²) in [7, 11) is 4.98. The molecule has 3 aromatic carbocycles. The number of methoxy groups -OCH3 is 3. The summed E-state index contributed by atoms with van der Waals surface area (Å²) in [6.07, 6.45) is 3.54. The minimum absolute atomic E-state index is 0.109. The van der Waals surface area contributed by atoms with Crippen LogP contribution in [0.15, 0.2) is 48.5 Å². The maximum absolute atomic E-state index is 11.3. The number of benzene rings is 3. The maximum Gasteiger partial charge on any atom is 0.128 e. The second-order valence-electron chi connectivity index (χ2n) is 7.67. The van der Waals surface area contributed by atoms with Gasteiger partial charge in [0, 0.05) is 28.0 Å². The van der Waals surface area contributed by atoms with Crippen molar-refractivity contribution in [3.8, 4) is 23.0 Å². The van der Waals surface area contributed by atoms with E-state index in [9.17, 15) is 5.11 Å². The topological polar surface area (TPSA) is 51.2 Å². The lowest BCUT2D eigenvalue weighted by Crippen LogP contribution is -2.34. The van der Waals surface area contributed by atoms with Crippen molar-refractivity contribution < 1.29 is 19.3 Å². The van der Waals surface area contributed by atoms with Crippen LogP contribution in [0.4, 0.5) is 0 Å². The predicted molar refractivity (Wildman–Crippen MR) is 119 cm³/mol. The molecule has 0 aromatic heterocycles. The van der Waals surface area contributed by atoms with Crippen molar-refractivity contribution in [1.82, 2.24) is 4.90 Å². The number of phenols is 1. The number of rotatable bonds is 6. The maximum atomic E-state index is 11.3. The van der Waals surface area contributed by atoms with Crippen molar-refractivity contribution in [2.75, 3.05) is 34.4 Å². The molecule has 0 radical (unpaired) electrons. The highest BCUT2D eigenvalue weighted by molar-refractivity contribution is 5.94. The van der Waals surface area contributed by atoms with Crippen LogP contribution in [0.1, 0.15) is 36.4 Å². The molecule has 3 aromatic rings. The van der Waals surface area contributed by atoms with Gasteiger partial charge in [0.15, 0.2) is 0 Å². The van der Waals surface area contributed by atoms with Crippen molar-refractivity contribution in [2.45, 2.75) is 25.3 Å². The van der Waals surface area contributed by atoms with Crippen LogP contribution in [0.3, 0.4) is 0 Å². The fraction of sp³-hybridized carbons (Fsp3) is 0.360. The zero-order chi connectivity index (χ0) is 21.1. The fourth-order valence-corrected chi connectivity index (χ4v) is 4.51. The van der Waals surface area contributed by atoms with Gasteiger partial charge in [0.05, 0.1) is 27.4 Å². The highest BCUT2D eigenvalue weighted by atomic mass is 16.5. The van der Waals surface area contributed by atoms with Crippen molar-refractivity contribution in [3.63, 3.8) is 0 Å². The number of likely N-dealkylation sites (tertiary alicyclic amines) is 1. The summed E-state index contributed by atoms with van der Waals surface area (Å²) in [5, 5.41) is 13.0. The molecular weight excluding hydrogens is 378 g/mol. The Morgan fingerprint density at radius 3 is 2.20 bits per heavy atom. The Hall–Kier alpha value is -2.92. The highest BCUT2D eigenvalue weighted by Gasteiger charge is 2.29. The quantitative estimate of drug-likeness (QED) is 0.613. The second-order valence-corrected chi connectivity index (χ2v) is 7.67. The van der Waals surface area contributed by atoms with Gasteiger partial charge in [-0.25, -0.2) is 0 Å². The molecule has 0 aliphatic carbocycles. The van der Waals surface area contributed by atoms with Crippen LogP contribution in [-0.2, 0) is 0 Å². The van der Waals surface area contributed by atoms with E-state index in [-0.39, 0.29) is 6.04 Å². The number of piperidine rings is 1. The van der Waals surface area contributed by atoms with Gasteiger partial charge in [0.25, 0.3) is 0 Å². The molecule has 0 saturated carbocycles. The number of fused-ring (bicyclic) bond motifs is 1. The Bertz CT molecular complexity index is 1030. The SMILES string of the molecule is COc1ccc([C@H](c2ccc3c(OC)cccc3c2O)N2CCCCC2)c(OC)c1. The third-order valence-corrected chi connectivity index (χ3v) is 6.03. The standard InChI is InChI=1S/C25H29NO4/c1-28-17-10-11-20(23(16-17)30-3)24(26-14-5-4-6-15-26)21-13-12-18-19(25(21)27)8-7-9-22(18)29-2/h7-13,16,24,27H,4-6,14-15H2,1-3H3/t24-/m1/s1. The molecule has 158 valence electrons. The second kappa shape index (κ2) is 8.84. The van der Waals surface area contributed by atoms with Crippen molar-refractivity contribution in [3.05, 3.63) is 59.7 Å². The Labute approximate surface area is 177 Å². The van der Waals surface area contributed by atoms with E-state index in [2.05, 4.69) is 4.90 Å². The molecule has 0 unspecified atom stereocenters. The molecule has 1 fully saturated rings. The third-order valence-electron chi connectivity index (χ3n) is 6.03. The molecule has 1 atom stereocenters. The highest BCUT2D eigenvalue weighted by Crippen LogP contribution is 2.44. The number of hydrogen-bond donors (Lipinski definition) is 1. The molecule has 5 nitrogen and oxygen atoms in total. The first-order valence-electron chi connectivity index (χ1n) is 10.4. The Balaban J connectivity index is 1.90. The van der Waals surface area contributed by atoms with Crippen LogP contribution < -0.4 is 14.2 Å². The summed E-state index contributed by atoms with van der Waals surface area (Å²) in [6, 6.07) is 15.6. The van der Waals surface area contributed by atoms with Crippen molar-refractivity contribution in [1.29, 1.82) is 0 Å². The van der Waals surface area contributed by atoms with E-state index in [0.717, 1.165) is 65.1 Å². The van der Waals surface area contributed by atoms with Gasteiger partial charge in [-0.15, -0.1) is 0 Å². The first-order chi connectivity index (χ1) is 14.7. The number of nitrogens with zero attached hydrogens (tertiary/aromatic N) is 1. The summed E-state index contributed by atoms with van der Waals surface area (Å²) in [4.78, 5) is 2.44. The van der Waals surface area contributed by atoms with Crippen LogP contribution in [-0.4, -0.2) is 44.4 Å². The first-order valence-corrected chi connectivity index (χ1v) is 10.4. The van der Waals surface area contributed by atoms with E-state index in [1.807, 2.05) is 48.5 Å². The average Bonchev–Trinajstić information content (AvgIpc) is 2.81. The molecule has 1 saturated heterocycles. The lowest BCUT2D eigenvalue weighted by atomic mass is 9.91. The van der Waals surface area contributed by atoms with Gasteiger partial charge in [-0.1, -0.05) is 30.7 Å². The Morgan fingerprint density at radius 2 is 1.50 bits per heavy atom. The molecule has 4 rings (SSSR count). The normalized spacial score (nSPS) is 15.7. The van der Waals surface area contributed by atoms with Gasteiger partial charge >= 0.3 is 0 Å². The van der Waals surface area contributed by atoms with E-state index < -0.39 is 0 Å². The van der Waals surface area contributed by atoms with E-state index in [0.29, 0.717) is 5.75 Å². The molecule has 0 amide bonds. The summed E-state index contributed by atoms with van der Waals surface area (Å²) in [6.45, 7) is 1.96. The number of phenolic OH excluding ortho intramolecular Hbond substituents is 1. The number of ether oxygens (including phenoxy) is 3. The molecule has 1 aliphatic heterocycles. The fourth-order valence-electron chi connectivity index (χ4n) is 4.51. The molecule has 1 aliphatic rings. The molecule has 0 bridgehead atoms. The van der Waals surface area contributed by atoms with Gasteiger partial charge in [0.2, 0.25) is 0 Å². The van der Waals surface area contributed by atoms with Crippen LogP contribution in [0.25, 0.3) is 10.8 Å².